The van der Waals surface area contributed by atoms with Gasteiger partial charge in [-0.15, -0.1) is 0 Å². The van der Waals surface area contributed by atoms with Gasteiger partial charge in [0.2, 0.25) is 0 Å². The van der Waals surface area contributed by atoms with Crippen molar-refractivity contribution < 1.29 is 9.13 Å². The number of hydrogen-bond acceptors (Lipinski definition) is 2. The molecule has 0 heterocycles. The Bertz CT molecular complexity index is 459. The van der Waals surface area contributed by atoms with Crippen molar-refractivity contribution in [3.05, 3.63) is 29.6 Å². The highest BCUT2D eigenvalue weighted by Gasteiger charge is 2.20. The van der Waals surface area contributed by atoms with Crippen LogP contribution in [0.3, 0.4) is 0 Å². The molecule has 1 aromatic carbocycles. The highest BCUT2D eigenvalue weighted by molar-refractivity contribution is 5.29. The number of nitrogens with one attached hydrogen (secondary N) is 1. The molecule has 1 aromatic rings. The van der Waals surface area contributed by atoms with Crippen molar-refractivity contribution in [1.29, 1.82) is 0 Å². The van der Waals surface area contributed by atoms with Crippen LogP contribution in [0.4, 0.5) is 4.39 Å². The molecule has 0 aliphatic heterocycles. The first-order valence-electron chi connectivity index (χ1n) is 8.03. The molecule has 0 unspecified atom stereocenters. The largest absolute Gasteiger partial charge is 0.487 e. The zero-order valence-electron chi connectivity index (χ0n) is 13.7. The summed E-state index contributed by atoms with van der Waals surface area (Å²) in [5.41, 5.74) is 0.983. The van der Waals surface area contributed by atoms with Crippen molar-refractivity contribution in [2.24, 2.45) is 5.92 Å². The van der Waals surface area contributed by atoms with Gasteiger partial charge in [-0.2, -0.15) is 0 Å². The van der Waals surface area contributed by atoms with Gasteiger partial charge in [0.15, 0.2) is 11.6 Å². The minimum atomic E-state index is -0.248. The zero-order valence-corrected chi connectivity index (χ0v) is 13.7. The molecule has 21 heavy (non-hydrogen) atoms. The smallest absolute Gasteiger partial charge is 0.165 e. The van der Waals surface area contributed by atoms with Gasteiger partial charge in [0, 0.05) is 12.1 Å². The summed E-state index contributed by atoms with van der Waals surface area (Å²) in [6.45, 7) is 9.25. The van der Waals surface area contributed by atoms with E-state index < -0.39 is 0 Å². The normalized spacial score (nSPS) is 23.1. The van der Waals surface area contributed by atoms with Crippen LogP contribution in [0.5, 0.6) is 5.75 Å². The topological polar surface area (TPSA) is 21.3 Å². The Morgan fingerprint density at radius 3 is 2.43 bits per heavy atom. The van der Waals surface area contributed by atoms with Crippen LogP contribution in [-0.4, -0.2) is 11.6 Å². The minimum absolute atomic E-state index is 0.0322. The molecule has 1 aliphatic carbocycles. The van der Waals surface area contributed by atoms with E-state index in [9.17, 15) is 4.39 Å². The molecule has 0 amide bonds. The van der Waals surface area contributed by atoms with Crippen LogP contribution in [0.1, 0.15) is 58.9 Å². The predicted molar refractivity (Wildman–Crippen MR) is 85.0 cm³/mol. The first kappa shape index (κ1) is 16.3. The summed E-state index contributed by atoms with van der Waals surface area (Å²) in [6, 6.07) is 5.30. The fourth-order valence-corrected chi connectivity index (χ4v) is 2.64. The molecule has 0 saturated heterocycles. The Morgan fingerprint density at radius 2 is 1.86 bits per heavy atom. The average molecular weight is 293 g/mol. The van der Waals surface area contributed by atoms with Crippen molar-refractivity contribution in [2.45, 2.75) is 71.6 Å². The van der Waals surface area contributed by atoms with E-state index in [1.165, 1.54) is 12.8 Å². The molecule has 1 aliphatic rings. The van der Waals surface area contributed by atoms with E-state index in [4.69, 9.17) is 4.74 Å². The molecular formula is C18H28FNO. The lowest BCUT2D eigenvalue weighted by Gasteiger charge is -2.27. The average Bonchev–Trinajstić information content (AvgIpc) is 2.41. The molecule has 1 fully saturated rings. The molecule has 1 N–H and O–H groups in total. The maximum Gasteiger partial charge on any atom is 0.165 e. The third-order valence-corrected chi connectivity index (χ3v) is 4.08. The van der Waals surface area contributed by atoms with Gasteiger partial charge in [-0.3, -0.25) is 0 Å². The third-order valence-electron chi connectivity index (χ3n) is 4.08. The second-order valence-electron chi connectivity index (χ2n) is 7.37. The van der Waals surface area contributed by atoms with Crippen LogP contribution in [-0.2, 0) is 6.54 Å². The van der Waals surface area contributed by atoms with Crippen molar-refractivity contribution in [3.8, 4) is 5.75 Å². The first-order chi connectivity index (χ1) is 9.83. The monoisotopic (exact) mass is 293 g/mol. The van der Waals surface area contributed by atoms with E-state index in [1.54, 1.807) is 12.1 Å². The summed E-state index contributed by atoms with van der Waals surface area (Å²) in [5, 5.41) is 3.36. The summed E-state index contributed by atoms with van der Waals surface area (Å²) < 4.78 is 20.0. The summed E-state index contributed by atoms with van der Waals surface area (Å²) in [5.74, 6) is 0.927. The van der Waals surface area contributed by atoms with Crippen LogP contribution >= 0.6 is 0 Å². The Hall–Kier alpha value is -1.09. The Balaban J connectivity index is 1.93. The number of halogens is 1. The highest BCUT2D eigenvalue weighted by Crippen LogP contribution is 2.28. The molecule has 2 rings (SSSR count). The lowest BCUT2D eigenvalue weighted by molar-refractivity contribution is 0.130. The van der Waals surface area contributed by atoms with E-state index in [0.717, 1.165) is 24.3 Å². The molecule has 118 valence electrons. The van der Waals surface area contributed by atoms with Gasteiger partial charge in [-0.05, 0) is 70.1 Å². The maximum atomic E-state index is 14.1. The molecule has 0 aromatic heterocycles. The predicted octanol–water partition coefficient (Wildman–Crippen LogP) is 4.67. The molecule has 1 saturated carbocycles. The summed E-state index contributed by atoms with van der Waals surface area (Å²) in [7, 11) is 0. The van der Waals surface area contributed by atoms with Crippen LogP contribution in [0.15, 0.2) is 18.2 Å². The quantitative estimate of drug-likeness (QED) is 0.871. The van der Waals surface area contributed by atoms with Crippen molar-refractivity contribution in [1.82, 2.24) is 5.32 Å². The molecule has 2 nitrogen and oxygen atoms in total. The van der Waals surface area contributed by atoms with Crippen molar-refractivity contribution in [2.75, 3.05) is 0 Å². The van der Waals surface area contributed by atoms with E-state index in [2.05, 4.69) is 33.0 Å². The first-order valence-corrected chi connectivity index (χ1v) is 8.03. The second-order valence-corrected chi connectivity index (χ2v) is 7.37. The fourth-order valence-electron chi connectivity index (χ4n) is 2.64. The highest BCUT2D eigenvalue weighted by atomic mass is 19.1. The lowest BCUT2D eigenvalue weighted by atomic mass is 9.89. The number of ether oxygens (including phenoxy) is 1. The van der Waals surface area contributed by atoms with Crippen LogP contribution in [0.25, 0.3) is 0 Å². The number of rotatable bonds is 4. The Morgan fingerprint density at radius 1 is 1.19 bits per heavy atom. The van der Waals surface area contributed by atoms with Gasteiger partial charge in [0.1, 0.15) is 0 Å². The maximum absolute atomic E-state index is 14.1. The van der Waals surface area contributed by atoms with Crippen molar-refractivity contribution in [3.63, 3.8) is 0 Å². The zero-order chi connectivity index (χ0) is 15.5. The summed E-state index contributed by atoms with van der Waals surface area (Å²) in [4.78, 5) is 0. The minimum Gasteiger partial charge on any atom is -0.487 e. The van der Waals surface area contributed by atoms with Gasteiger partial charge in [-0.25, -0.2) is 4.39 Å². The van der Waals surface area contributed by atoms with Crippen LogP contribution in [0, 0.1) is 11.7 Å². The van der Waals surface area contributed by atoms with Gasteiger partial charge in [-0.1, -0.05) is 13.0 Å². The Kier molecular flexibility index (Phi) is 5.26. The molecule has 3 heteroatoms. The SMILES string of the molecule is CC1CCC(Oc2ccc(CNC(C)(C)C)cc2F)CC1. The summed E-state index contributed by atoms with van der Waals surface area (Å²) >= 11 is 0. The fraction of sp³-hybridized carbons (Fsp3) is 0.667. The summed E-state index contributed by atoms with van der Waals surface area (Å²) in [6.07, 6.45) is 4.61. The molecule has 0 atom stereocenters. The van der Waals surface area contributed by atoms with E-state index in [0.29, 0.717) is 12.3 Å². The molecule has 0 spiro atoms. The van der Waals surface area contributed by atoms with Gasteiger partial charge in [0.25, 0.3) is 0 Å². The van der Waals surface area contributed by atoms with E-state index in [-0.39, 0.29) is 17.5 Å². The molecule has 0 bridgehead atoms. The Labute approximate surface area is 128 Å². The van der Waals surface area contributed by atoms with Crippen LogP contribution < -0.4 is 10.1 Å². The van der Waals surface area contributed by atoms with Crippen molar-refractivity contribution >= 4 is 0 Å². The molecule has 0 radical (unpaired) electrons. The lowest BCUT2D eigenvalue weighted by Crippen LogP contribution is -2.35. The van der Waals surface area contributed by atoms with E-state index in [1.807, 2.05) is 6.07 Å². The van der Waals surface area contributed by atoms with Gasteiger partial charge < -0.3 is 10.1 Å². The van der Waals surface area contributed by atoms with Gasteiger partial charge in [0.05, 0.1) is 6.10 Å². The molecular weight excluding hydrogens is 265 g/mol. The second kappa shape index (κ2) is 6.78. The van der Waals surface area contributed by atoms with E-state index >= 15 is 0 Å². The number of hydrogen-bond donors (Lipinski definition) is 1. The third kappa shape index (κ3) is 5.31. The van der Waals surface area contributed by atoms with Crippen LogP contribution in [0.2, 0.25) is 0 Å². The van der Waals surface area contributed by atoms with Gasteiger partial charge >= 0.3 is 0 Å². The standard InChI is InChI=1S/C18H28FNO/c1-13-5-8-15(9-6-13)21-17-10-7-14(11-16(17)19)12-20-18(2,3)4/h7,10-11,13,15,20H,5-6,8-9,12H2,1-4H3. The number of benzene rings is 1.